The van der Waals surface area contributed by atoms with Crippen molar-refractivity contribution in [1.82, 2.24) is 5.32 Å². The van der Waals surface area contributed by atoms with Crippen molar-refractivity contribution in [2.75, 3.05) is 11.9 Å². The first kappa shape index (κ1) is 13.1. The minimum Gasteiger partial charge on any atom is -0.352 e. The van der Waals surface area contributed by atoms with E-state index in [0.29, 0.717) is 6.54 Å². The second-order valence-electron chi connectivity index (χ2n) is 3.25. The smallest absolute Gasteiger partial charge is 0.254 e. The van der Waals surface area contributed by atoms with Crippen LogP contribution in [0.5, 0.6) is 0 Å². The third-order valence-corrected chi connectivity index (χ3v) is 2.60. The molecular weight excluding hydrogens is 280 g/mol. The molecule has 0 aliphatic rings. The van der Waals surface area contributed by atoms with Crippen molar-refractivity contribution >= 4 is 21.8 Å². The van der Waals surface area contributed by atoms with Gasteiger partial charge in [0.1, 0.15) is 0 Å². The lowest BCUT2D eigenvalue weighted by Crippen LogP contribution is -2.25. The van der Waals surface area contributed by atoms with Crippen molar-refractivity contribution in [3.05, 3.63) is 35.4 Å². The molecular formula is C11H12BrF2NO. The van der Waals surface area contributed by atoms with Crippen molar-refractivity contribution in [2.45, 2.75) is 12.8 Å². The van der Waals surface area contributed by atoms with E-state index in [-0.39, 0.29) is 5.56 Å². The Hall–Kier alpha value is -0.970. The van der Waals surface area contributed by atoms with E-state index in [1.807, 2.05) is 0 Å². The molecule has 0 radical (unpaired) electrons. The van der Waals surface area contributed by atoms with Crippen LogP contribution >= 0.6 is 15.9 Å². The second-order valence-corrected chi connectivity index (χ2v) is 4.05. The van der Waals surface area contributed by atoms with Gasteiger partial charge in [0, 0.05) is 11.9 Å². The van der Waals surface area contributed by atoms with Gasteiger partial charge in [0.05, 0.1) is 5.56 Å². The fraction of sp³-hybridized carbons (Fsp3) is 0.364. The molecule has 0 aliphatic carbocycles. The highest BCUT2D eigenvalue weighted by atomic mass is 79.9. The predicted octanol–water partition coefficient (Wildman–Crippen LogP) is 2.87. The van der Waals surface area contributed by atoms with Gasteiger partial charge >= 0.3 is 0 Å². The molecule has 0 heterocycles. The van der Waals surface area contributed by atoms with E-state index in [1.165, 1.54) is 12.1 Å². The lowest BCUT2D eigenvalue weighted by Gasteiger charge is -2.05. The Kier molecular flexibility index (Phi) is 5.38. The monoisotopic (exact) mass is 291 g/mol. The number of unbranched alkanes of at least 4 members (excludes halogenated alkanes) is 1. The van der Waals surface area contributed by atoms with E-state index in [2.05, 4.69) is 21.2 Å². The van der Waals surface area contributed by atoms with Crippen LogP contribution in [-0.2, 0) is 0 Å². The molecule has 0 unspecified atom stereocenters. The van der Waals surface area contributed by atoms with Crippen LogP contribution in [0.2, 0.25) is 0 Å². The van der Waals surface area contributed by atoms with Crippen molar-refractivity contribution in [3.8, 4) is 0 Å². The third kappa shape index (κ3) is 3.56. The molecule has 2 nitrogen and oxygen atoms in total. The van der Waals surface area contributed by atoms with Crippen LogP contribution in [0.4, 0.5) is 8.78 Å². The summed E-state index contributed by atoms with van der Waals surface area (Å²) in [5.74, 6) is -2.68. The number of alkyl halides is 1. The van der Waals surface area contributed by atoms with E-state index in [4.69, 9.17) is 0 Å². The lowest BCUT2D eigenvalue weighted by molar-refractivity contribution is 0.0948. The summed E-state index contributed by atoms with van der Waals surface area (Å²) in [6, 6.07) is 3.56. The molecule has 1 amide bonds. The molecule has 0 saturated carbocycles. The Morgan fingerprint density at radius 3 is 2.75 bits per heavy atom. The summed E-state index contributed by atoms with van der Waals surface area (Å²) in [6.45, 7) is 0.459. The van der Waals surface area contributed by atoms with Crippen LogP contribution in [0.3, 0.4) is 0 Å². The zero-order valence-electron chi connectivity index (χ0n) is 8.60. The Morgan fingerprint density at radius 1 is 1.31 bits per heavy atom. The molecule has 0 atom stereocenters. The predicted molar refractivity (Wildman–Crippen MR) is 61.7 cm³/mol. The number of halogens is 3. The first-order chi connectivity index (χ1) is 7.66. The largest absolute Gasteiger partial charge is 0.352 e. The van der Waals surface area contributed by atoms with Crippen molar-refractivity contribution in [2.24, 2.45) is 0 Å². The maximum atomic E-state index is 13.2. The molecule has 0 aliphatic heterocycles. The lowest BCUT2D eigenvalue weighted by atomic mass is 10.2. The molecule has 0 aromatic heterocycles. The van der Waals surface area contributed by atoms with Gasteiger partial charge in [-0.25, -0.2) is 8.78 Å². The van der Waals surface area contributed by atoms with Crippen molar-refractivity contribution in [3.63, 3.8) is 0 Å². The Balaban J connectivity index is 2.56. The fourth-order valence-corrected chi connectivity index (χ4v) is 1.59. The number of nitrogens with one attached hydrogen (secondary N) is 1. The second kappa shape index (κ2) is 6.58. The van der Waals surface area contributed by atoms with Gasteiger partial charge in [-0.1, -0.05) is 22.0 Å². The standard InChI is InChI=1S/C11H12BrF2NO/c12-6-1-2-7-15-11(16)8-4-3-5-9(13)10(8)14/h3-5H,1-2,6-7H2,(H,15,16). The molecule has 1 N–H and O–H groups in total. The minimum atomic E-state index is -1.10. The Labute approximate surface area is 101 Å². The molecule has 1 aromatic carbocycles. The minimum absolute atomic E-state index is 0.251. The number of carbonyl (C=O) groups is 1. The molecule has 0 saturated heterocycles. The average molecular weight is 292 g/mol. The molecule has 0 spiro atoms. The molecule has 16 heavy (non-hydrogen) atoms. The quantitative estimate of drug-likeness (QED) is 0.656. The van der Waals surface area contributed by atoms with Gasteiger partial charge in [-0.05, 0) is 25.0 Å². The molecule has 0 fully saturated rings. The van der Waals surface area contributed by atoms with E-state index < -0.39 is 17.5 Å². The molecule has 5 heteroatoms. The third-order valence-electron chi connectivity index (χ3n) is 2.04. The number of amides is 1. The molecule has 0 bridgehead atoms. The average Bonchev–Trinajstić information content (AvgIpc) is 2.28. The van der Waals surface area contributed by atoms with Gasteiger partial charge in [-0.3, -0.25) is 4.79 Å². The van der Waals surface area contributed by atoms with Crippen LogP contribution in [0.1, 0.15) is 23.2 Å². The van der Waals surface area contributed by atoms with Gasteiger partial charge in [0.25, 0.3) is 5.91 Å². The zero-order chi connectivity index (χ0) is 12.0. The van der Waals surface area contributed by atoms with Gasteiger partial charge in [0.2, 0.25) is 0 Å². The van der Waals surface area contributed by atoms with Crippen LogP contribution in [0, 0.1) is 11.6 Å². The number of benzene rings is 1. The first-order valence-electron chi connectivity index (χ1n) is 4.95. The maximum Gasteiger partial charge on any atom is 0.254 e. The molecule has 1 rings (SSSR count). The Bertz CT molecular complexity index is 371. The Morgan fingerprint density at radius 2 is 2.06 bits per heavy atom. The summed E-state index contributed by atoms with van der Waals surface area (Å²) >= 11 is 3.26. The first-order valence-corrected chi connectivity index (χ1v) is 6.07. The number of hydrogen-bond acceptors (Lipinski definition) is 1. The van der Waals surface area contributed by atoms with E-state index in [1.54, 1.807) is 0 Å². The van der Waals surface area contributed by atoms with E-state index in [9.17, 15) is 13.6 Å². The highest BCUT2D eigenvalue weighted by Crippen LogP contribution is 2.10. The van der Waals surface area contributed by atoms with Crippen molar-refractivity contribution < 1.29 is 13.6 Å². The van der Waals surface area contributed by atoms with Crippen LogP contribution in [0.25, 0.3) is 0 Å². The maximum absolute atomic E-state index is 13.2. The zero-order valence-corrected chi connectivity index (χ0v) is 10.2. The summed E-state index contributed by atoms with van der Waals surface area (Å²) in [7, 11) is 0. The number of rotatable bonds is 5. The summed E-state index contributed by atoms with van der Waals surface area (Å²) in [5.41, 5.74) is -0.251. The van der Waals surface area contributed by atoms with Gasteiger partial charge < -0.3 is 5.32 Å². The van der Waals surface area contributed by atoms with E-state index >= 15 is 0 Å². The van der Waals surface area contributed by atoms with Crippen molar-refractivity contribution in [1.29, 1.82) is 0 Å². The summed E-state index contributed by atoms with van der Waals surface area (Å²) < 4.78 is 26.0. The number of carbonyl (C=O) groups excluding carboxylic acids is 1. The fourth-order valence-electron chi connectivity index (χ4n) is 1.20. The highest BCUT2D eigenvalue weighted by molar-refractivity contribution is 9.09. The van der Waals surface area contributed by atoms with Gasteiger partial charge in [-0.15, -0.1) is 0 Å². The molecule has 1 aromatic rings. The van der Waals surface area contributed by atoms with Gasteiger partial charge in [-0.2, -0.15) is 0 Å². The van der Waals surface area contributed by atoms with E-state index in [0.717, 1.165) is 24.2 Å². The SMILES string of the molecule is O=C(NCCCCBr)c1cccc(F)c1F. The van der Waals surface area contributed by atoms with Crippen LogP contribution in [-0.4, -0.2) is 17.8 Å². The summed E-state index contributed by atoms with van der Waals surface area (Å²) in [5, 5.41) is 3.39. The molecule has 88 valence electrons. The van der Waals surface area contributed by atoms with Gasteiger partial charge in [0.15, 0.2) is 11.6 Å². The topological polar surface area (TPSA) is 29.1 Å². The van der Waals surface area contributed by atoms with Crippen LogP contribution in [0.15, 0.2) is 18.2 Å². The summed E-state index contributed by atoms with van der Waals surface area (Å²) in [4.78, 5) is 11.5. The highest BCUT2D eigenvalue weighted by Gasteiger charge is 2.13. The number of hydrogen-bond donors (Lipinski definition) is 1. The summed E-state index contributed by atoms with van der Waals surface area (Å²) in [6.07, 6.45) is 1.72. The normalized spacial score (nSPS) is 10.2. The van der Waals surface area contributed by atoms with Crippen LogP contribution < -0.4 is 5.32 Å².